The monoisotopic (exact) mass is 495 g/mol. The molecule has 0 aromatic heterocycles. The first-order valence-electron chi connectivity index (χ1n) is 12.5. The first-order valence-corrected chi connectivity index (χ1v) is 12.5. The van der Waals surface area contributed by atoms with E-state index in [1.807, 2.05) is 76.2 Å². The predicted octanol–water partition coefficient (Wildman–Crippen LogP) is 5.20. The summed E-state index contributed by atoms with van der Waals surface area (Å²) in [6.45, 7) is 15.1. The molecule has 0 spiro atoms. The van der Waals surface area contributed by atoms with Gasteiger partial charge in [-0.25, -0.2) is 4.79 Å². The van der Waals surface area contributed by atoms with Crippen molar-refractivity contribution in [2.75, 3.05) is 0 Å². The van der Waals surface area contributed by atoms with Gasteiger partial charge in [-0.15, -0.1) is 0 Å². The molecule has 0 radical (unpaired) electrons. The minimum atomic E-state index is -0.886. The molecule has 196 valence electrons. The normalized spacial score (nSPS) is 13.8. The van der Waals surface area contributed by atoms with E-state index in [2.05, 4.69) is 10.6 Å². The van der Waals surface area contributed by atoms with E-state index in [1.54, 1.807) is 32.6 Å². The number of alkyl carbamates (subject to hydrolysis) is 1. The third kappa shape index (κ3) is 7.83. The SMILES string of the molecule is CCC(C)N(C(=O)C(C)NC(=O)OC(C)(C)C)C(C(=O)NCc1ccccc1)c1cccc(C)c1C. The lowest BCUT2D eigenvalue weighted by atomic mass is 9.93. The number of hydrogen-bond donors (Lipinski definition) is 2. The molecule has 0 saturated heterocycles. The number of rotatable bonds is 9. The van der Waals surface area contributed by atoms with Gasteiger partial charge in [0.15, 0.2) is 0 Å². The highest BCUT2D eigenvalue weighted by Gasteiger charge is 2.37. The number of aryl methyl sites for hydroxylation is 1. The maximum Gasteiger partial charge on any atom is 0.408 e. The van der Waals surface area contributed by atoms with Gasteiger partial charge in [0.2, 0.25) is 11.8 Å². The second kappa shape index (κ2) is 12.6. The molecule has 0 aliphatic heterocycles. The van der Waals surface area contributed by atoms with Crippen molar-refractivity contribution in [3.8, 4) is 0 Å². The van der Waals surface area contributed by atoms with E-state index in [0.29, 0.717) is 13.0 Å². The lowest BCUT2D eigenvalue weighted by Crippen LogP contribution is -2.54. The number of nitrogens with one attached hydrogen (secondary N) is 2. The van der Waals surface area contributed by atoms with Crippen molar-refractivity contribution in [1.82, 2.24) is 15.5 Å². The van der Waals surface area contributed by atoms with Crippen LogP contribution in [0.1, 0.15) is 76.3 Å². The van der Waals surface area contributed by atoms with Crippen LogP contribution in [0.4, 0.5) is 4.79 Å². The Kier molecular flexibility index (Phi) is 10.1. The van der Waals surface area contributed by atoms with E-state index in [0.717, 1.165) is 22.3 Å². The topological polar surface area (TPSA) is 87.7 Å². The first-order chi connectivity index (χ1) is 16.9. The zero-order chi connectivity index (χ0) is 27.0. The fourth-order valence-electron chi connectivity index (χ4n) is 3.93. The van der Waals surface area contributed by atoms with Crippen molar-refractivity contribution in [2.45, 2.75) is 92.1 Å². The molecule has 7 heteroatoms. The van der Waals surface area contributed by atoms with E-state index in [-0.39, 0.29) is 17.9 Å². The van der Waals surface area contributed by atoms with Crippen LogP contribution in [-0.4, -0.2) is 40.5 Å². The van der Waals surface area contributed by atoms with Crippen molar-refractivity contribution >= 4 is 17.9 Å². The molecule has 3 atom stereocenters. The molecule has 0 heterocycles. The maximum atomic E-state index is 13.8. The molecule has 2 aromatic rings. The number of benzene rings is 2. The Labute approximate surface area is 215 Å². The summed E-state index contributed by atoms with van der Waals surface area (Å²) in [6, 6.07) is 13.4. The summed E-state index contributed by atoms with van der Waals surface area (Å²) in [6.07, 6.45) is -0.0395. The Balaban J connectivity index is 2.44. The van der Waals surface area contributed by atoms with Crippen molar-refractivity contribution < 1.29 is 19.1 Å². The molecule has 0 fully saturated rings. The van der Waals surface area contributed by atoms with E-state index >= 15 is 0 Å². The Bertz CT molecular complexity index is 1050. The summed E-state index contributed by atoms with van der Waals surface area (Å²) >= 11 is 0. The number of ether oxygens (including phenoxy) is 1. The molecule has 7 nitrogen and oxygen atoms in total. The number of carbonyl (C=O) groups is 3. The second-order valence-electron chi connectivity index (χ2n) is 10.3. The van der Waals surface area contributed by atoms with Crippen LogP contribution in [-0.2, 0) is 20.9 Å². The van der Waals surface area contributed by atoms with Gasteiger partial charge in [0.05, 0.1) is 0 Å². The van der Waals surface area contributed by atoms with Crippen LogP contribution < -0.4 is 10.6 Å². The highest BCUT2D eigenvalue weighted by Crippen LogP contribution is 2.30. The van der Waals surface area contributed by atoms with E-state index in [1.165, 1.54) is 0 Å². The van der Waals surface area contributed by atoms with Gasteiger partial charge >= 0.3 is 6.09 Å². The number of nitrogens with zero attached hydrogens (tertiary/aromatic N) is 1. The van der Waals surface area contributed by atoms with Gasteiger partial charge in [-0.1, -0.05) is 55.5 Å². The molecule has 3 amide bonds. The number of hydrogen-bond acceptors (Lipinski definition) is 4. The lowest BCUT2D eigenvalue weighted by Gasteiger charge is -2.38. The molecule has 0 saturated carbocycles. The van der Waals surface area contributed by atoms with Gasteiger partial charge in [0.25, 0.3) is 0 Å². The molecule has 2 aromatic carbocycles. The van der Waals surface area contributed by atoms with Crippen molar-refractivity contribution in [3.63, 3.8) is 0 Å². The van der Waals surface area contributed by atoms with Crippen molar-refractivity contribution in [1.29, 1.82) is 0 Å². The molecule has 0 aliphatic rings. The van der Waals surface area contributed by atoms with Crippen molar-refractivity contribution in [2.24, 2.45) is 0 Å². The Morgan fingerprint density at radius 2 is 1.61 bits per heavy atom. The maximum absolute atomic E-state index is 13.8. The minimum absolute atomic E-state index is 0.257. The van der Waals surface area contributed by atoms with Gasteiger partial charge in [0, 0.05) is 12.6 Å². The van der Waals surface area contributed by atoms with Gasteiger partial charge in [0.1, 0.15) is 17.7 Å². The largest absolute Gasteiger partial charge is 0.444 e. The molecule has 3 unspecified atom stereocenters. The van der Waals surface area contributed by atoms with Gasteiger partial charge in [-0.05, 0) is 77.1 Å². The van der Waals surface area contributed by atoms with Crippen LogP contribution in [0.5, 0.6) is 0 Å². The molecule has 0 bridgehead atoms. The first kappa shape index (κ1) is 28.9. The highest BCUT2D eigenvalue weighted by molar-refractivity contribution is 5.92. The fourth-order valence-corrected chi connectivity index (χ4v) is 3.93. The van der Waals surface area contributed by atoms with Crippen LogP contribution in [0.3, 0.4) is 0 Å². The Morgan fingerprint density at radius 1 is 0.972 bits per heavy atom. The van der Waals surface area contributed by atoms with E-state index in [4.69, 9.17) is 4.74 Å². The van der Waals surface area contributed by atoms with Crippen LogP contribution in [0.15, 0.2) is 48.5 Å². The molecule has 0 aliphatic carbocycles. The third-order valence-corrected chi connectivity index (χ3v) is 6.20. The fraction of sp³-hybridized carbons (Fsp3) is 0.483. The highest BCUT2D eigenvalue weighted by atomic mass is 16.6. The summed E-state index contributed by atoms with van der Waals surface area (Å²) in [7, 11) is 0. The van der Waals surface area contributed by atoms with Crippen LogP contribution >= 0.6 is 0 Å². The molecular weight excluding hydrogens is 454 g/mol. The zero-order valence-electron chi connectivity index (χ0n) is 22.8. The Hall–Kier alpha value is -3.35. The molecule has 2 N–H and O–H groups in total. The van der Waals surface area contributed by atoms with Crippen LogP contribution in [0, 0.1) is 13.8 Å². The predicted molar refractivity (Wildman–Crippen MR) is 142 cm³/mol. The van der Waals surface area contributed by atoms with Gasteiger partial charge in [-0.2, -0.15) is 0 Å². The van der Waals surface area contributed by atoms with Gasteiger partial charge in [-0.3, -0.25) is 9.59 Å². The Morgan fingerprint density at radius 3 is 2.19 bits per heavy atom. The van der Waals surface area contributed by atoms with Crippen molar-refractivity contribution in [3.05, 3.63) is 70.8 Å². The summed E-state index contributed by atoms with van der Waals surface area (Å²) < 4.78 is 5.34. The van der Waals surface area contributed by atoms with Crippen LogP contribution in [0.25, 0.3) is 0 Å². The van der Waals surface area contributed by atoms with Crippen LogP contribution in [0.2, 0.25) is 0 Å². The summed E-state index contributed by atoms with van der Waals surface area (Å²) in [4.78, 5) is 41.6. The summed E-state index contributed by atoms with van der Waals surface area (Å²) in [5.41, 5.74) is 3.02. The zero-order valence-corrected chi connectivity index (χ0v) is 22.8. The minimum Gasteiger partial charge on any atom is -0.444 e. The number of carbonyl (C=O) groups excluding carboxylic acids is 3. The average molecular weight is 496 g/mol. The summed E-state index contributed by atoms with van der Waals surface area (Å²) in [5.74, 6) is -0.623. The van der Waals surface area contributed by atoms with E-state index < -0.39 is 23.8 Å². The van der Waals surface area contributed by atoms with Gasteiger partial charge < -0.3 is 20.3 Å². The quantitative estimate of drug-likeness (QED) is 0.500. The summed E-state index contributed by atoms with van der Waals surface area (Å²) in [5, 5.41) is 5.67. The molecule has 36 heavy (non-hydrogen) atoms. The number of amides is 3. The standard InChI is InChI=1S/C29H41N3O4/c1-9-20(3)32(27(34)22(5)31-28(35)36-29(6,7)8)25(24-17-13-14-19(2)21(24)4)26(33)30-18-23-15-11-10-12-16-23/h10-17,20,22,25H,9,18H2,1-8H3,(H,30,33)(H,31,35). The smallest absolute Gasteiger partial charge is 0.408 e. The third-order valence-electron chi connectivity index (χ3n) is 6.20. The lowest BCUT2D eigenvalue weighted by molar-refractivity contribution is -0.144. The molecular formula is C29H41N3O4. The van der Waals surface area contributed by atoms with E-state index in [9.17, 15) is 14.4 Å². The average Bonchev–Trinajstić information content (AvgIpc) is 2.81. The second-order valence-corrected chi connectivity index (χ2v) is 10.3. The molecule has 2 rings (SSSR count).